The number of carbonyl (C=O) groups excluding carboxylic acids is 1. The third kappa shape index (κ3) is 3.08. The van der Waals surface area contributed by atoms with E-state index >= 15 is 0 Å². The van der Waals surface area contributed by atoms with Crippen molar-refractivity contribution in [3.63, 3.8) is 0 Å². The molecule has 0 atom stereocenters. The van der Waals surface area contributed by atoms with Crippen molar-refractivity contribution in [2.75, 3.05) is 31.4 Å². The molecule has 1 aromatic carbocycles. The molecule has 5 nitrogen and oxygen atoms in total. The molecule has 1 N–H and O–H groups in total. The van der Waals surface area contributed by atoms with Crippen LogP contribution in [0.1, 0.15) is 15.4 Å². The molecule has 1 aromatic heterocycles. The van der Waals surface area contributed by atoms with Crippen LogP contribution in [0.4, 0.5) is 16.5 Å². The van der Waals surface area contributed by atoms with Crippen LogP contribution in [0.2, 0.25) is 0 Å². The molecule has 0 unspecified atom stereocenters. The monoisotopic (exact) mass is 291 g/mol. The van der Waals surface area contributed by atoms with E-state index in [0.717, 1.165) is 16.3 Å². The highest BCUT2D eigenvalue weighted by molar-refractivity contribution is 7.15. The summed E-state index contributed by atoms with van der Waals surface area (Å²) < 4.78 is 4.69. The Morgan fingerprint density at radius 3 is 2.50 bits per heavy atom. The number of esters is 1. The molecule has 0 fully saturated rings. The number of aryl methyl sites for hydroxylation is 1. The second-order valence-electron chi connectivity index (χ2n) is 4.48. The van der Waals surface area contributed by atoms with Gasteiger partial charge in [-0.3, -0.25) is 0 Å². The van der Waals surface area contributed by atoms with Crippen molar-refractivity contribution < 1.29 is 9.53 Å². The summed E-state index contributed by atoms with van der Waals surface area (Å²) in [5.41, 5.74) is 2.42. The first-order valence-corrected chi connectivity index (χ1v) is 6.93. The molecule has 0 radical (unpaired) electrons. The van der Waals surface area contributed by atoms with Gasteiger partial charge in [0.25, 0.3) is 0 Å². The van der Waals surface area contributed by atoms with Gasteiger partial charge in [0.05, 0.1) is 7.11 Å². The van der Waals surface area contributed by atoms with Gasteiger partial charge in [0.2, 0.25) is 0 Å². The SMILES string of the molecule is COC(=O)c1nc(Nc2ccc(N(C)C)cc2)sc1C. The molecular formula is C14H17N3O2S. The van der Waals surface area contributed by atoms with Crippen molar-refractivity contribution >= 4 is 33.8 Å². The Hall–Kier alpha value is -2.08. The number of thiazole rings is 1. The third-order valence-electron chi connectivity index (χ3n) is 2.81. The molecule has 0 amide bonds. The summed E-state index contributed by atoms with van der Waals surface area (Å²) in [5.74, 6) is -0.408. The first-order valence-electron chi connectivity index (χ1n) is 6.11. The van der Waals surface area contributed by atoms with Crippen LogP contribution >= 0.6 is 11.3 Å². The van der Waals surface area contributed by atoms with Crippen LogP contribution in [-0.2, 0) is 4.74 Å². The zero-order valence-corrected chi connectivity index (χ0v) is 12.7. The zero-order valence-electron chi connectivity index (χ0n) is 11.9. The Bertz CT molecular complexity index is 605. The van der Waals surface area contributed by atoms with E-state index in [-0.39, 0.29) is 0 Å². The van der Waals surface area contributed by atoms with Gasteiger partial charge in [-0.2, -0.15) is 0 Å². The van der Waals surface area contributed by atoms with E-state index in [0.29, 0.717) is 10.8 Å². The summed E-state index contributed by atoms with van der Waals surface area (Å²) in [5, 5.41) is 3.87. The summed E-state index contributed by atoms with van der Waals surface area (Å²) >= 11 is 1.43. The standard InChI is InChI=1S/C14H17N3O2S/c1-9-12(13(18)19-4)16-14(20-9)15-10-5-7-11(8-6-10)17(2)3/h5-8H,1-4H3,(H,15,16). The normalized spacial score (nSPS) is 10.2. The molecule has 0 aliphatic carbocycles. The fourth-order valence-electron chi connectivity index (χ4n) is 1.70. The van der Waals surface area contributed by atoms with E-state index in [9.17, 15) is 4.79 Å². The Balaban J connectivity index is 2.16. The van der Waals surface area contributed by atoms with Gasteiger partial charge < -0.3 is 15.0 Å². The van der Waals surface area contributed by atoms with Gasteiger partial charge in [-0.1, -0.05) is 0 Å². The molecule has 6 heteroatoms. The topological polar surface area (TPSA) is 54.5 Å². The van der Waals surface area contributed by atoms with Crippen LogP contribution in [0.25, 0.3) is 0 Å². The number of carbonyl (C=O) groups is 1. The van der Waals surface area contributed by atoms with Gasteiger partial charge in [0.1, 0.15) is 0 Å². The van der Waals surface area contributed by atoms with E-state index in [1.807, 2.05) is 50.2 Å². The number of anilines is 3. The highest BCUT2D eigenvalue weighted by Crippen LogP contribution is 2.26. The third-order valence-corrected chi connectivity index (χ3v) is 3.70. The minimum Gasteiger partial charge on any atom is -0.464 e. The second-order valence-corrected chi connectivity index (χ2v) is 5.68. The average Bonchev–Trinajstić information content (AvgIpc) is 2.79. The molecule has 0 aliphatic rings. The molecule has 0 aliphatic heterocycles. The predicted molar refractivity (Wildman–Crippen MR) is 82.2 cm³/mol. The Morgan fingerprint density at radius 2 is 1.95 bits per heavy atom. The molecule has 2 rings (SSSR count). The van der Waals surface area contributed by atoms with Crippen molar-refractivity contribution in [3.8, 4) is 0 Å². The summed E-state index contributed by atoms with van der Waals surface area (Å²) in [6, 6.07) is 7.99. The minimum atomic E-state index is -0.408. The summed E-state index contributed by atoms with van der Waals surface area (Å²) in [6.07, 6.45) is 0. The predicted octanol–water partition coefficient (Wildman–Crippen LogP) is 3.05. The first-order chi connectivity index (χ1) is 9.51. The van der Waals surface area contributed by atoms with Crippen LogP contribution < -0.4 is 10.2 Å². The fourth-order valence-corrected chi connectivity index (χ4v) is 2.52. The average molecular weight is 291 g/mol. The molecule has 20 heavy (non-hydrogen) atoms. The van der Waals surface area contributed by atoms with Crippen molar-refractivity contribution in [2.24, 2.45) is 0 Å². The van der Waals surface area contributed by atoms with E-state index in [4.69, 9.17) is 4.74 Å². The number of aromatic nitrogens is 1. The minimum absolute atomic E-state index is 0.366. The van der Waals surface area contributed by atoms with Gasteiger partial charge in [0.15, 0.2) is 10.8 Å². The number of hydrogen-bond acceptors (Lipinski definition) is 6. The zero-order chi connectivity index (χ0) is 14.7. The lowest BCUT2D eigenvalue weighted by molar-refractivity contribution is 0.0594. The maximum absolute atomic E-state index is 11.5. The van der Waals surface area contributed by atoms with Gasteiger partial charge in [-0.05, 0) is 31.2 Å². The lowest BCUT2D eigenvalue weighted by Crippen LogP contribution is -2.08. The van der Waals surface area contributed by atoms with Crippen LogP contribution in [-0.4, -0.2) is 32.2 Å². The summed E-state index contributed by atoms with van der Waals surface area (Å²) in [6.45, 7) is 1.85. The quantitative estimate of drug-likeness (QED) is 0.877. The van der Waals surface area contributed by atoms with Crippen LogP contribution in [0.3, 0.4) is 0 Å². The number of benzene rings is 1. The Morgan fingerprint density at radius 1 is 1.30 bits per heavy atom. The number of methoxy groups -OCH3 is 1. The Kier molecular flexibility index (Phi) is 4.24. The van der Waals surface area contributed by atoms with E-state index in [2.05, 4.69) is 10.3 Å². The van der Waals surface area contributed by atoms with Crippen molar-refractivity contribution in [1.82, 2.24) is 4.98 Å². The number of nitrogens with one attached hydrogen (secondary N) is 1. The molecule has 106 valence electrons. The van der Waals surface area contributed by atoms with Gasteiger partial charge in [-0.25, -0.2) is 9.78 Å². The van der Waals surface area contributed by atoms with E-state index in [1.54, 1.807) is 0 Å². The Labute approximate surface area is 122 Å². The molecule has 1 heterocycles. The second kappa shape index (κ2) is 5.92. The first kappa shape index (κ1) is 14.3. The van der Waals surface area contributed by atoms with Crippen LogP contribution in [0.15, 0.2) is 24.3 Å². The fraction of sp³-hybridized carbons (Fsp3) is 0.286. The highest BCUT2D eigenvalue weighted by atomic mass is 32.1. The summed E-state index contributed by atoms with van der Waals surface area (Å²) in [7, 11) is 5.35. The largest absolute Gasteiger partial charge is 0.464 e. The van der Waals surface area contributed by atoms with E-state index in [1.165, 1.54) is 18.4 Å². The van der Waals surface area contributed by atoms with Gasteiger partial charge >= 0.3 is 5.97 Å². The number of ether oxygens (including phenoxy) is 1. The van der Waals surface area contributed by atoms with Crippen LogP contribution in [0, 0.1) is 6.92 Å². The van der Waals surface area contributed by atoms with Gasteiger partial charge in [-0.15, -0.1) is 11.3 Å². The summed E-state index contributed by atoms with van der Waals surface area (Å²) in [4.78, 5) is 18.6. The maximum atomic E-state index is 11.5. The van der Waals surface area contributed by atoms with Crippen LogP contribution in [0.5, 0.6) is 0 Å². The molecule has 2 aromatic rings. The lowest BCUT2D eigenvalue weighted by Gasteiger charge is -2.12. The smallest absolute Gasteiger partial charge is 0.357 e. The lowest BCUT2D eigenvalue weighted by atomic mass is 10.2. The number of hydrogen-bond donors (Lipinski definition) is 1. The highest BCUT2D eigenvalue weighted by Gasteiger charge is 2.15. The van der Waals surface area contributed by atoms with E-state index < -0.39 is 5.97 Å². The molecule has 0 saturated carbocycles. The van der Waals surface area contributed by atoms with Crippen molar-refractivity contribution in [1.29, 1.82) is 0 Å². The molecular weight excluding hydrogens is 274 g/mol. The molecule has 0 saturated heterocycles. The maximum Gasteiger partial charge on any atom is 0.357 e. The number of rotatable bonds is 4. The molecule has 0 spiro atoms. The van der Waals surface area contributed by atoms with Gasteiger partial charge in [0, 0.05) is 30.3 Å². The molecule has 0 bridgehead atoms. The number of nitrogens with zero attached hydrogens (tertiary/aromatic N) is 2. The van der Waals surface area contributed by atoms with Crippen molar-refractivity contribution in [2.45, 2.75) is 6.92 Å². The van der Waals surface area contributed by atoms with Crippen molar-refractivity contribution in [3.05, 3.63) is 34.8 Å².